The van der Waals surface area contributed by atoms with Crippen LogP contribution >= 0.6 is 27.5 Å². The predicted octanol–water partition coefficient (Wildman–Crippen LogP) is 3.96. The zero-order chi connectivity index (χ0) is 15.4. The molecule has 1 saturated carbocycles. The Morgan fingerprint density at radius 3 is 2.62 bits per heavy atom. The lowest BCUT2D eigenvalue weighted by Crippen LogP contribution is -2.44. The number of carbonyl (C=O) groups is 2. The summed E-state index contributed by atoms with van der Waals surface area (Å²) in [6.45, 7) is -0.291. The fourth-order valence-corrected chi connectivity index (χ4v) is 2.92. The van der Waals surface area contributed by atoms with Crippen molar-refractivity contribution in [2.45, 2.75) is 31.7 Å². The molecule has 0 bridgehead atoms. The number of hydrogen-bond acceptors (Lipinski definition) is 2. The zero-order valence-corrected chi connectivity index (χ0v) is 13.7. The monoisotopic (exact) mass is 374 g/mol. The van der Waals surface area contributed by atoms with Crippen molar-refractivity contribution in [1.82, 2.24) is 4.90 Å². The van der Waals surface area contributed by atoms with E-state index in [0.717, 1.165) is 30.2 Å². The van der Waals surface area contributed by atoms with Crippen LogP contribution in [-0.4, -0.2) is 34.6 Å². The minimum atomic E-state index is -1.01. The molecule has 0 atom stereocenters. The molecule has 1 aliphatic carbocycles. The molecule has 0 radical (unpaired) electrons. The first-order chi connectivity index (χ1) is 9.97. The summed E-state index contributed by atoms with van der Waals surface area (Å²) >= 11 is 9.26. The number of urea groups is 1. The molecular weight excluding hydrogens is 360 g/mol. The highest BCUT2D eigenvalue weighted by Crippen LogP contribution is 2.27. The highest BCUT2D eigenvalue weighted by Gasteiger charge is 2.28. The van der Waals surface area contributed by atoms with Gasteiger partial charge in [-0.3, -0.25) is 4.79 Å². The van der Waals surface area contributed by atoms with E-state index in [1.807, 2.05) is 0 Å². The molecule has 0 aromatic heterocycles. The number of amides is 2. The summed E-state index contributed by atoms with van der Waals surface area (Å²) in [5.74, 6) is -1.01. The number of carboxylic acid groups (broad SMARTS) is 1. The molecule has 1 aromatic carbocycles. The maximum Gasteiger partial charge on any atom is 0.323 e. The second-order valence-corrected chi connectivity index (χ2v) is 6.28. The van der Waals surface area contributed by atoms with Crippen LogP contribution in [0.3, 0.4) is 0 Å². The molecule has 1 aromatic rings. The molecular formula is C14H16BrClN2O3. The average molecular weight is 376 g/mol. The lowest BCUT2D eigenvalue weighted by atomic mass is 10.2. The van der Waals surface area contributed by atoms with E-state index in [1.54, 1.807) is 18.2 Å². The van der Waals surface area contributed by atoms with Crippen molar-refractivity contribution in [3.8, 4) is 0 Å². The van der Waals surface area contributed by atoms with E-state index >= 15 is 0 Å². The standard InChI is InChI=1S/C14H16BrClN2O3/c15-11-6-5-9(7-12(11)16)17-14(21)18(8-13(19)20)10-3-1-2-4-10/h5-7,10H,1-4,8H2,(H,17,21)(H,19,20). The zero-order valence-electron chi connectivity index (χ0n) is 11.3. The minimum Gasteiger partial charge on any atom is -0.480 e. The van der Waals surface area contributed by atoms with E-state index in [0.29, 0.717) is 10.7 Å². The first-order valence-corrected chi connectivity index (χ1v) is 7.89. The normalized spacial score (nSPS) is 15.0. The van der Waals surface area contributed by atoms with Crippen LogP contribution in [0.15, 0.2) is 22.7 Å². The number of nitrogens with one attached hydrogen (secondary N) is 1. The van der Waals surface area contributed by atoms with Gasteiger partial charge in [-0.2, -0.15) is 0 Å². The van der Waals surface area contributed by atoms with Crippen LogP contribution in [0.1, 0.15) is 25.7 Å². The van der Waals surface area contributed by atoms with Crippen molar-refractivity contribution < 1.29 is 14.7 Å². The molecule has 2 N–H and O–H groups in total. The summed E-state index contributed by atoms with van der Waals surface area (Å²) in [7, 11) is 0. The molecule has 5 nitrogen and oxygen atoms in total. The Morgan fingerprint density at radius 1 is 1.38 bits per heavy atom. The Labute approximate surface area is 136 Å². The Morgan fingerprint density at radius 2 is 2.05 bits per heavy atom. The largest absolute Gasteiger partial charge is 0.480 e. The summed E-state index contributed by atoms with van der Waals surface area (Å²) in [6.07, 6.45) is 3.75. The minimum absolute atomic E-state index is 0.00739. The second kappa shape index (κ2) is 7.13. The van der Waals surface area contributed by atoms with Crippen molar-refractivity contribution in [2.75, 3.05) is 11.9 Å². The number of aliphatic carboxylic acids is 1. The topological polar surface area (TPSA) is 69.6 Å². The van der Waals surface area contributed by atoms with E-state index in [1.165, 1.54) is 4.90 Å². The molecule has 1 fully saturated rings. The van der Waals surface area contributed by atoms with Gasteiger partial charge in [0.15, 0.2) is 0 Å². The molecule has 7 heteroatoms. The lowest BCUT2D eigenvalue weighted by molar-refractivity contribution is -0.138. The van der Waals surface area contributed by atoms with E-state index in [2.05, 4.69) is 21.2 Å². The average Bonchev–Trinajstić information content (AvgIpc) is 2.93. The van der Waals surface area contributed by atoms with Gasteiger partial charge in [0.25, 0.3) is 0 Å². The summed E-state index contributed by atoms with van der Waals surface area (Å²) in [5.41, 5.74) is 0.543. The van der Waals surface area contributed by atoms with Gasteiger partial charge in [-0.1, -0.05) is 24.4 Å². The van der Waals surface area contributed by atoms with Gasteiger partial charge in [0.2, 0.25) is 0 Å². The molecule has 2 rings (SSSR count). The third-order valence-electron chi connectivity index (χ3n) is 3.50. The lowest BCUT2D eigenvalue weighted by Gasteiger charge is -2.27. The van der Waals surface area contributed by atoms with Crippen LogP contribution in [0.4, 0.5) is 10.5 Å². The van der Waals surface area contributed by atoms with Crippen LogP contribution < -0.4 is 5.32 Å². The number of carbonyl (C=O) groups excluding carboxylic acids is 1. The molecule has 0 spiro atoms. The number of benzene rings is 1. The van der Waals surface area contributed by atoms with Crippen molar-refractivity contribution >= 4 is 45.2 Å². The van der Waals surface area contributed by atoms with Crippen molar-refractivity contribution in [1.29, 1.82) is 0 Å². The Kier molecular flexibility index (Phi) is 5.47. The first-order valence-electron chi connectivity index (χ1n) is 6.72. The van der Waals surface area contributed by atoms with Crippen molar-refractivity contribution in [3.63, 3.8) is 0 Å². The van der Waals surface area contributed by atoms with Crippen LogP contribution in [0.5, 0.6) is 0 Å². The summed E-state index contributed by atoms with van der Waals surface area (Å²) in [6, 6.07) is 4.66. The fraction of sp³-hybridized carbons (Fsp3) is 0.429. The highest BCUT2D eigenvalue weighted by molar-refractivity contribution is 9.10. The Hall–Kier alpha value is -1.27. The fourth-order valence-electron chi connectivity index (χ4n) is 2.50. The Bertz CT molecular complexity index is 547. The van der Waals surface area contributed by atoms with Crippen LogP contribution in [0.2, 0.25) is 5.02 Å². The van der Waals surface area contributed by atoms with Gasteiger partial charge in [-0.05, 0) is 47.0 Å². The second-order valence-electron chi connectivity index (χ2n) is 5.02. The molecule has 0 saturated heterocycles. The summed E-state index contributed by atoms with van der Waals surface area (Å²) in [4.78, 5) is 24.7. The van der Waals surface area contributed by atoms with Gasteiger partial charge in [0.05, 0.1) is 5.02 Å². The molecule has 0 heterocycles. The van der Waals surface area contributed by atoms with Crippen molar-refractivity contribution in [2.24, 2.45) is 0 Å². The number of nitrogens with zero attached hydrogens (tertiary/aromatic N) is 1. The molecule has 0 aliphatic heterocycles. The molecule has 114 valence electrons. The smallest absolute Gasteiger partial charge is 0.323 e. The van der Waals surface area contributed by atoms with Gasteiger partial charge in [-0.15, -0.1) is 0 Å². The third kappa shape index (κ3) is 4.35. The molecule has 0 unspecified atom stereocenters. The van der Waals surface area contributed by atoms with E-state index in [9.17, 15) is 9.59 Å². The molecule has 21 heavy (non-hydrogen) atoms. The number of halogens is 2. The van der Waals surface area contributed by atoms with Crippen molar-refractivity contribution in [3.05, 3.63) is 27.7 Å². The molecule has 1 aliphatic rings. The van der Waals surface area contributed by atoms with Gasteiger partial charge in [-0.25, -0.2) is 4.79 Å². The summed E-state index contributed by atoms with van der Waals surface area (Å²) in [5, 5.41) is 12.2. The van der Waals surface area contributed by atoms with E-state index < -0.39 is 12.0 Å². The highest BCUT2D eigenvalue weighted by atomic mass is 79.9. The Balaban J connectivity index is 2.09. The summed E-state index contributed by atoms with van der Waals surface area (Å²) < 4.78 is 0.736. The predicted molar refractivity (Wildman–Crippen MR) is 84.8 cm³/mol. The molecule has 2 amide bonds. The van der Waals surface area contributed by atoms with Crippen LogP contribution in [0, 0.1) is 0 Å². The quantitative estimate of drug-likeness (QED) is 0.837. The number of carboxylic acids is 1. The van der Waals surface area contributed by atoms with Crippen LogP contribution in [0.25, 0.3) is 0 Å². The SMILES string of the molecule is O=C(O)CN(C(=O)Nc1ccc(Br)c(Cl)c1)C1CCCC1. The number of rotatable bonds is 4. The van der Waals surface area contributed by atoms with E-state index in [-0.39, 0.29) is 12.6 Å². The maximum absolute atomic E-state index is 12.3. The number of hydrogen-bond donors (Lipinski definition) is 2. The van der Waals surface area contributed by atoms with E-state index in [4.69, 9.17) is 16.7 Å². The number of anilines is 1. The van der Waals surface area contributed by atoms with Gasteiger partial charge in [0.1, 0.15) is 6.54 Å². The third-order valence-corrected chi connectivity index (χ3v) is 4.74. The van der Waals surface area contributed by atoms with Gasteiger partial charge < -0.3 is 15.3 Å². The maximum atomic E-state index is 12.3. The van der Waals surface area contributed by atoms with Gasteiger partial charge in [0, 0.05) is 16.2 Å². The van der Waals surface area contributed by atoms with Crippen LogP contribution in [-0.2, 0) is 4.79 Å². The first kappa shape index (κ1) is 16.1. The van der Waals surface area contributed by atoms with Gasteiger partial charge >= 0.3 is 12.0 Å².